The number of phenolic OH excluding ortho intramolecular Hbond substituents is 4. The van der Waals surface area contributed by atoms with Crippen LogP contribution in [0.2, 0.25) is 0 Å². The molecule has 1 fully saturated rings. The Morgan fingerprint density at radius 3 is 1.92 bits per heavy atom. The largest absolute Gasteiger partial charge is 0.508 e. The number of ether oxygens (including phenoxy) is 5. The number of benzene rings is 4. The Kier molecular flexibility index (Phi) is 10.9. The fourth-order valence-corrected chi connectivity index (χ4v) is 5.65. The number of hydrogen-bond donors (Lipinski definition) is 6. The molecule has 6 atom stereocenters. The van der Waals surface area contributed by atoms with Crippen LogP contribution in [-0.4, -0.2) is 85.7 Å². The van der Waals surface area contributed by atoms with Crippen molar-refractivity contribution in [2.45, 2.75) is 43.2 Å². The standard InChI is InChI=1S/C39H34O14/c40-24-9-1-21(2-10-24)5-15-33(45)49-20-32-36(47)38(53-34(46)16-6-22-3-11-25(41)12-4-22)37(48)39(52-32)50-27-17-28(43)35-29(44)19-30(51-31(35)18-27)23-7-13-26(42)14-8-23/h1-18,30,32,36-43,47-48H,19-20H2/b15-5+,16-6+/t30?,32?,36-,37?,38+,39-/m1/s1. The molecule has 6 rings (SSSR count). The van der Waals surface area contributed by atoms with E-state index >= 15 is 0 Å². The molecule has 0 radical (unpaired) electrons. The van der Waals surface area contributed by atoms with Gasteiger partial charge < -0.3 is 54.3 Å². The second kappa shape index (κ2) is 15.9. The third-order valence-corrected chi connectivity index (χ3v) is 8.38. The fourth-order valence-electron chi connectivity index (χ4n) is 5.65. The van der Waals surface area contributed by atoms with Crippen LogP contribution < -0.4 is 9.47 Å². The summed E-state index contributed by atoms with van der Waals surface area (Å²) in [5.41, 5.74) is 1.63. The van der Waals surface area contributed by atoms with Crippen LogP contribution in [0, 0.1) is 0 Å². The van der Waals surface area contributed by atoms with Crippen molar-refractivity contribution in [3.8, 4) is 34.5 Å². The van der Waals surface area contributed by atoms with Gasteiger partial charge in [0.05, 0.1) is 6.42 Å². The molecule has 14 heteroatoms. The Bertz CT molecular complexity index is 2000. The van der Waals surface area contributed by atoms with Gasteiger partial charge in [-0.1, -0.05) is 36.4 Å². The molecular weight excluding hydrogens is 692 g/mol. The van der Waals surface area contributed by atoms with Crippen molar-refractivity contribution >= 4 is 29.9 Å². The van der Waals surface area contributed by atoms with Crippen LogP contribution in [0.15, 0.2) is 97.1 Å². The van der Waals surface area contributed by atoms with E-state index in [1.807, 2.05) is 0 Å². The molecule has 0 aromatic heterocycles. The van der Waals surface area contributed by atoms with Crippen LogP contribution in [0.5, 0.6) is 34.5 Å². The summed E-state index contributed by atoms with van der Waals surface area (Å²) in [7, 11) is 0. The van der Waals surface area contributed by atoms with Gasteiger partial charge in [0, 0.05) is 24.3 Å². The number of carbonyl (C=O) groups is 3. The minimum absolute atomic E-state index is 0.0226. The number of phenols is 4. The second-order valence-electron chi connectivity index (χ2n) is 12.2. The van der Waals surface area contributed by atoms with Crippen LogP contribution in [0.3, 0.4) is 0 Å². The van der Waals surface area contributed by atoms with Gasteiger partial charge >= 0.3 is 11.9 Å². The van der Waals surface area contributed by atoms with Gasteiger partial charge in [-0.2, -0.15) is 0 Å². The highest BCUT2D eigenvalue weighted by Gasteiger charge is 2.48. The number of aliphatic hydroxyl groups is 2. The third kappa shape index (κ3) is 8.94. The number of fused-ring (bicyclic) bond motifs is 1. The number of hydrogen-bond acceptors (Lipinski definition) is 14. The molecule has 274 valence electrons. The number of Topliss-reactive ketones (excluding diaryl/α,β-unsaturated/α-hetero) is 1. The average molecular weight is 727 g/mol. The van der Waals surface area contributed by atoms with Crippen LogP contribution in [-0.2, 0) is 23.8 Å². The summed E-state index contributed by atoms with van der Waals surface area (Å²) >= 11 is 0. The van der Waals surface area contributed by atoms with Crippen molar-refractivity contribution < 1.29 is 68.7 Å². The monoisotopic (exact) mass is 726 g/mol. The quantitative estimate of drug-likeness (QED) is 0.101. The molecule has 0 amide bonds. The predicted octanol–water partition coefficient (Wildman–Crippen LogP) is 3.92. The highest BCUT2D eigenvalue weighted by Crippen LogP contribution is 2.43. The molecule has 4 aromatic carbocycles. The number of aromatic hydroxyl groups is 4. The van der Waals surface area contributed by atoms with Crippen molar-refractivity contribution in [1.82, 2.24) is 0 Å². The molecule has 6 N–H and O–H groups in total. The lowest BCUT2D eigenvalue weighted by Crippen LogP contribution is -2.61. The topological polar surface area (TPSA) is 219 Å². The van der Waals surface area contributed by atoms with Crippen molar-refractivity contribution in [3.05, 3.63) is 119 Å². The van der Waals surface area contributed by atoms with Gasteiger partial charge in [0.25, 0.3) is 0 Å². The van der Waals surface area contributed by atoms with Crippen LogP contribution >= 0.6 is 0 Å². The summed E-state index contributed by atoms with van der Waals surface area (Å²) in [4.78, 5) is 38.4. The molecule has 1 saturated heterocycles. The first-order valence-electron chi connectivity index (χ1n) is 16.3. The molecule has 2 aliphatic heterocycles. The van der Waals surface area contributed by atoms with E-state index in [0.717, 1.165) is 18.2 Å². The number of aliphatic hydroxyl groups excluding tert-OH is 2. The Labute approximate surface area is 302 Å². The van der Waals surface area contributed by atoms with E-state index in [0.29, 0.717) is 16.7 Å². The SMILES string of the molecule is O=C(/C=C/c1ccc(O)cc1)OCC1O[C@@H](Oc2cc(O)c3c(c2)OC(c2ccc(O)cc2)CC3=O)C(O)[C@@H](OC(=O)/C=C/c2ccc(O)cc2)[C@@H]1O. The first-order chi connectivity index (χ1) is 25.4. The molecule has 4 aromatic rings. The lowest BCUT2D eigenvalue weighted by Gasteiger charge is -2.41. The number of ketones is 1. The maximum Gasteiger partial charge on any atom is 0.331 e. The number of carbonyl (C=O) groups excluding carboxylic acids is 3. The molecule has 0 aliphatic carbocycles. The fraction of sp³-hybridized carbons (Fsp3) is 0.205. The van der Waals surface area contributed by atoms with Crippen molar-refractivity contribution in [2.75, 3.05) is 6.61 Å². The van der Waals surface area contributed by atoms with E-state index in [-0.39, 0.29) is 40.7 Å². The van der Waals surface area contributed by atoms with Crippen molar-refractivity contribution in [1.29, 1.82) is 0 Å². The molecule has 0 spiro atoms. The number of esters is 2. The third-order valence-electron chi connectivity index (χ3n) is 8.38. The Balaban J connectivity index is 1.21. The average Bonchev–Trinajstić information content (AvgIpc) is 3.13. The second-order valence-corrected chi connectivity index (χ2v) is 12.2. The summed E-state index contributed by atoms with van der Waals surface area (Å²) < 4.78 is 28.4. The Hall–Kier alpha value is -6.35. The first-order valence-corrected chi connectivity index (χ1v) is 16.3. The normalized spacial score (nSPS) is 22.6. The van der Waals surface area contributed by atoms with E-state index in [1.165, 1.54) is 54.6 Å². The van der Waals surface area contributed by atoms with Gasteiger partial charge in [-0.3, -0.25) is 4.79 Å². The molecule has 3 unspecified atom stereocenters. The van der Waals surface area contributed by atoms with Gasteiger partial charge in [0.1, 0.15) is 65.0 Å². The highest BCUT2D eigenvalue weighted by atomic mass is 16.7. The van der Waals surface area contributed by atoms with Crippen LogP contribution in [0.1, 0.15) is 39.6 Å². The number of rotatable bonds is 10. The Morgan fingerprint density at radius 2 is 1.32 bits per heavy atom. The van der Waals surface area contributed by atoms with Crippen LogP contribution in [0.4, 0.5) is 0 Å². The van der Waals surface area contributed by atoms with E-state index in [1.54, 1.807) is 36.4 Å². The smallest absolute Gasteiger partial charge is 0.331 e. The summed E-state index contributed by atoms with van der Waals surface area (Å²) in [5, 5.41) is 61.9. The summed E-state index contributed by atoms with van der Waals surface area (Å²) in [5.74, 6) is -2.77. The molecule has 0 bridgehead atoms. The lowest BCUT2D eigenvalue weighted by atomic mass is 9.95. The summed E-state index contributed by atoms with van der Waals surface area (Å²) in [6.07, 6.45) is -4.20. The van der Waals surface area contributed by atoms with E-state index in [9.17, 15) is 45.0 Å². The molecule has 14 nitrogen and oxygen atoms in total. The van der Waals surface area contributed by atoms with E-state index in [2.05, 4.69) is 0 Å². The molecular formula is C39H34O14. The zero-order valence-electron chi connectivity index (χ0n) is 27.7. The Morgan fingerprint density at radius 1 is 0.755 bits per heavy atom. The van der Waals surface area contributed by atoms with Crippen molar-refractivity contribution in [2.24, 2.45) is 0 Å². The van der Waals surface area contributed by atoms with Crippen molar-refractivity contribution in [3.63, 3.8) is 0 Å². The molecule has 0 saturated carbocycles. The van der Waals surface area contributed by atoms with Gasteiger partial charge in [-0.15, -0.1) is 0 Å². The van der Waals surface area contributed by atoms with E-state index in [4.69, 9.17) is 23.7 Å². The predicted molar refractivity (Wildman–Crippen MR) is 185 cm³/mol. The molecule has 2 heterocycles. The highest BCUT2D eigenvalue weighted by molar-refractivity contribution is 6.02. The zero-order chi connectivity index (χ0) is 37.6. The van der Waals surface area contributed by atoms with Gasteiger partial charge in [-0.05, 0) is 65.2 Å². The van der Waals surface area contributed by atoms with E-state index < -0.39 is 66.9 Å². The first kappa shape index (κ1) is 36.4. The lowest BCUT2D eigenvalue weighted by molar-refractivity contribution is -0.281. The van der Waals surface area contributed by atoms with Gasteiger partial charge in [0.15, 0.2) is 18.0 Å². The minimum Gasteiger partial charge on any atom is -0.508 e. The van der Waals surface area contributed by atoms with Crippen LogP contribution in [0.25, 0.3) is 12.2 Å². The molecule has 2 aliphatic rings. The summed E-state index contributed by atoms with van der Waals surface area (Å²) in [6.45, 7) is -0.578. The van der Waals surface area contributed by atoms with Gasteiger partial charge in [-0.25, -0.2) is 9.59 Å². The molecule has 53 heavy (non-hydrogen) atoms. The maximum atomic E-state index is 13.0. The maximum absolute atomic E-state index is 13.0. The minimum atomic E-state index is -1.83. The van der Waals surface area contributed by atoms with Gasteiger partial charge in [0.2, 0.25) is 6.29 Å². The summed E-state index contributed by atoms with van der Waals surface area (Å²) in [6, 6.07) is 20.4. The zero-order valence-corrected chi connectivity index (χ0v) is 27.7.